The quantitative estimate of drug-likeness (QED) is 0.451. The molecule has 1 N–H and O–H groups in total. The maximum Gasteiger partial charge on any atom is 0.00562 e. The SMILES string of the molecule is CCCC(C)CCCNS. The van der Waals surface area contributed by atoms with Crippen molar-refractivity contribution in [2.45, 2.75) is 39.5 Å². The second kappa shape index (κ2) is 7.42. The van der Waals surface area contributed by atoms with Gasteiger partial charge in [-0.25, -0.2) is 0 Å². The zero-order valence-electron chi connectivity index (χ0n) is 7.06. The molecule has 0 amide bonds. The topological polar surface area (TPSA) is 12.0 Å². The van der Waals surface area contributed by atoms with Crippen LogP contribution in [0, 0.1) is 5.92 Å². The molecule has 0 aliphatic carbocycles. The van der Waals surface area contributed by atoms with Gasteiger partial charge >= 0.3 is 0 Å². The summed E-state index contributed by atoms with van der Waals surface area (Å²) in [5, 5.41) is 0. The van der Waals surface area contributed by atoms with Crippen LogP contribution >= 0.6 is 12.8 Å². The van der Waals surface area contributed by atoms with E-state index in [1.165, 1.54) is 25.7 Å². The second-order valence-corrected chi connectivity index (χ2v) is 3.26. The van der Waals surface area contributed by atoms with Crippen LogP contribution in [0.2, 0.25) is 0 Å². The minimum Gasteiger partial charge on any atom is -0.267 e. The third-order valence-corrected chi connectivity index (χ3v) is 1.99. The van der Waals surface area contributed by atoms with Gasteiger partial charge in [0.2, 0.25) is 0 Å². The molecule has 0 fully saturated rings. The minimum atomic E-state index is 0.895. The second-order valence-electron chi connectivity index (χ2n) is 2.94. The molecule has 1 nitrogen and oxygen atoms in total. The molecular formula is C8H19NS. The van der Waals surface area contributed by atoms with Crippen LogP contribution in [0.15, 0.2) is 0 Å². The molecule has 62 valence electrons. The Bertz CT molecular complexity index is 66.3. The third-order valence-electron chi connectivity index (χ3n) is 1.77. The number of hydrogen-bond donors (Lipinski definition) is 2. The third kappa shape index (κ3) is 6.43. The van der Waals surface area contributed by atoms with Crippen LogP contribution < -0.4 is 4.72 Å². The van der Waals surface area contributed by atoms with Crippen molar-refractivity contribution >= 4 is 12.8 Å². The molecule has 0 aromatic heterocycles. The van der Waals surface area contributed by atoms with Gasteiger partial charge in [-0.1, -0.05) is 39.5 Å². The molecule has 0 aromatic rings. The van der Waals surface area contributed by atoms with E-state index in [9.17, 15) is 0 Å². The summed E-state index contributed by atoms with van der Waals surface area (Å²) in [7, 11) is 0. The van der Waals surface area contributed by atoms with Gasteiger partial charge in [-0.2, -0.15) is 0 Å². The smallest absolute Gasteiger partial charge is 0.00562 e. The number of rotatable bonds is 6. The van der Waals surface area contributed by atoms with Crippen molar-refractivity contribution in [2.75, 3.05) is 6.54 Å². The predicted octanol–water partition coefficient (Wildman–Crippen LogP) is 2.64. The number of thiol groups is 1. The van der Waals surface area contributed by atoms with Gasteiger partial charge in [0, 0.05) is 6.54 Å². The van der Waals surface area contributed by atoms with E-state index in [-0.39, 0.29) is 0 Å². The van der Waals surface area contributed by atoms with Crippen molar-refractivity contribution in [1.82, 2.24) is 4.72 Å². The first-order chi connectivity index (χ1) is 4.81. The Morgan fingerprint density at radius 2 is 2.10 bits per heavy atom. The average molecular weight is 161 g/mol. The number of nitrogens with one attached hydrogen (secondary N) is 1. The first-order valence-corrected chi connectivity index (χ1v) is 4.63. The van der Waals surface area contributed by atoms with E-state index >= 15 is 0 Å². The lowest BCUT2D eigenvalue weighted by Gasteiger charge is -2.08. The fourth-order valence-electron chi connectivity index (χ4n) is 1.17. The van der Waals surface area contributed by atoms with E-state index in [4.69, 9.17) is 0 Å². The van der Waals surface area contributed by atoms with Crippen LogP contribution in [0.1, 0.15) is 39.5 Å². The lowest BCUT2D eigenvalue weighted by atomic mass is 10.0. The van der Waals surface area contributed by atoms with Crippen LogP contribution in [0.5, 0.6) is 0 Å². The minimum absolute atomic E-state index is 0.895. The summed E-state index contributed by atoms with van der Waals surface area (Å²) in [4.78, 5) is 0. The van der Waals surface area contributed by atoms with Gasteiger partial charge in [0.05, 0.1) is 0 Å². The van der Waals surface area contributed by atoms with Crippen LogP contribution in [0.25, 0.3) is 0 Å². The van der Waals surface area contributed by atoms with Crippen molar-refractivity contribution in [3.05, 3.63) is 0 Å². The van der Waals surface area contributed by atoms with Gasteiger partial charge in [0.1, 0.15) is 0 Å². The Kier molecular flexibility index (Phi) is 7.65. The molecule has 0 bridgehead atoms. The Balaban J connectivity index is 2.97. The molecule has 0 saturated carbocycles. The van der Waals surface area contributed by atoms with Gasteiger partial charge in [-0.05, 0) is 18.8 Å². The van der Waals surface area contributed by atoms with Gasteiger partial charge in [0.25, 0.3) is 0 Å². The molecule has 1 atom stereocenters. The van der Waals surface area contributed by atoms with Crippen LogP contribution in [-0.2, 0) is 0 Å². The largest absolute Gasteiger partial charge is 0.267 e. The van der Waals surface area contributed by atoms with Gasteiger partial charge in [-0.3, -0.25) is 4.72 Å². The maximum absolute atomic E-state index is 3.93. The monoisotopic (exact) mass is 161 g/mol. The van der Waals surface area contributed by atoms with Crippen molar-refractivity contribution in [1.29, 1.82) is 0 Å². The molecule has 0 rings (SSSR count). The fraction of sp³-hybridized carbons (Fsp3) is 1.00. The standard InChI is InChI=1S/C8H19NS/c1-3-5-8(2)6-4-7-9-10/h8-10H,3-7H2,1-2H3. The summed E-state index contributed by atoms with van der Waals surface area (Å²) in [5.74, 6) is 0.895. The summed E-state index contributed by atoms with van der Waals surface area (Å²) < 4.78 is 2.86. The van der Waals surface area contributed by atoms with E-state index in [0.717, 1.165) is 12.5 Å². The van der Waals surface area contributed by atoms with Gasteiger partial charge in [-0.15, -0.1) is 0 Å². The van der Waals surface area contributed by atoms with Crippen molar-refractivity contribution in [3.8, 4) is 0 Å². The molecule has 0 aromatic carbocycles. The highest BCUT2D eigenvalue weighted by Crippen LogP contribution is 2.11. The van der Waals surface area contributed by atoms with Crippen molar-refractivity contribution in [3.63, 3.8) is 0 Å². The predicted molar refractivity (Wildman–Crippen MR) is 50.3 cm³/mol. The zero-order valence-corrected chi connectivity index (χ0v) is 7.95. The first kappa shape index (κ1) is 10.3. The summed E-state index contributed by atoms with van der Waals surface area (Å²) in [6.07, 6.45) is 5.27. The molecule has 0 radical (unpaired) electrons. The van der Waals surface area contributed by atoms with E-state index in [1.807, 2.05) is 0 Å². The Morgan fingerprint density at radius 1 is 1.40 bits per heavy atom. The number of hydrogen-bond acceptors (Lipinski definition) is 2. The average Bonchev–Trinajstić information content (AvgIpc) is 1.89. The molecule has 0 saturated heterocycles. The molecule has 10 heavy (non-hydrogen) atoms. The van der Waals surface area contributed by atoms with Crippen molar-refractivity contribution < 1.29 is 0 Å². The van der Waals surface area contributed by atoms with Crippen LogP contribution in [-0.4, -0.2) is 6.54 Å². The maximum atomic E-state index is 3.93. The Hall–Kier alpha value is 0.310. The molecule has 0 heterocycles. The normalized spacial score (nSPS) is 13.5. The zero-order chi connectivity index (χ0) is 7.82. The Morgan fingerprint density at radius 3 is 2.60 bits per heavy atom. The summed E-state index contributed by atoms with van der Waals surface area (Å²) in [6, 6.07) is 0. The van der Waals surface area contributed by atoms with Crippen LogP contribution in [0.3, 0.4) is 0 Å². The molecule has 0 aliphatic heterocycles. The summed E-state index contributed by atoms with van der Waals surface area (Å²) in [5.41, 5.74) is 0. The molecule has 2 heteroatoms. The molecule has 0 aliphatic rings. The van der Waals surface area contributed by atoms with Gasteiger partial charge < -0.3 is 0 Å². The highest BCUT2D eigenvalue weighted by molar-refractivity contribution is 7.78. The Labute approximate surface area is 70.1 Å². The van der Waals surface area contributed by atoms with Crippen LogP contribution in [0.4, 0.5) is 0 Å². The van der Waals surface area contributed by atoms with E-state index < -0.39 is 0 Å². The van der Waals surface area contributed by atoms with E-state index in [2.05, 4.69) is 31.4 Å². The van der Waals surface area contributed by atoms with Gasteiger partial charge in [0.15, 0.2) is 0 Å². The summed E-state index contributed by atoms with van der Waals surface area (Å²) in [6.45, 7) is 5.60. The molecular weight excluding hydrogens is 142 g/mol. The lowest BCUT2D eigenvalue weighted by molar-refractivity contribution is 0.470. The molecule has 0 spiro atoms. The molecule has 1 unspecified atom stereocenters. The fourth-order valence-corrected chi connectivity index (χ4v) is 1.32. The summed E-state index contributed by atoms with van der Waals surface area (Å²) >= 11 is 3.93. The van der Waals surface area contributed by atoms with E-state index in [1.54, 1.807) is 0 Å². The first-order valence-electron chi connectivity index (χ1n) is 4.18. The highest BCUT2D eigenvalue weighted by Gasteiger charge is 1.98. The van der Waals surface area contributed by atoms with E-state index in [0.29, 0.717) is 0 Å². The highest BCUT2D eigenvalue weighted by atomic mass is 32.1. The van der Waals surface area contributed by atoms with Crippen molar-refractivity contribution in [2.24, 2.45) is 5.92 Å². The lowest BCUT2D eigenvalue weighted by Crippen LogP contribution is -2.03.